The van der Waals surface area contributed by atoms with E-state index in [2.05, 4.69) is 5.32 Å². The highest BCUT2D eigenvalue weighted by molar-refractivity contribution is 5.95. The van der Waals surface area contributed by atoms with E-state index in [-0.39, 0.29) is 30.2 Å². The summed E-state index contributed by atoms with van der Waals surface area (Å²) in [6, 6.07) is 6.80. The normalized spacial score (nSPS) is 16.2. The standard InChI is InChI=1S/C16H21FN2O.ClH/c1-12(14-5-3-4-6-15(14)17)11-16(20)19(2)13-7-9-18-10-8-13;/h3-6,11,13,18H,7-10H2,1-2H3;1H/b12-11-;. The summed E-state index contributed by atoms with van der Waals surface area (Å²) in [5, 5.41) is 3.28. The Hall–Kier alpha value is -1.39. The second-order valence-electron chi connectivity index (χ2n) is 5.24. The molecule has 0 radical (unpaired) electrons. The monoisotopic (exact) mass is 312 g/mol. The number of nitrogens with one attached hydrogen (secondary N) is 1. The molecule has 1 aromatic carbocycles. The molecule has 1 aliphatic heterocycles. The van der Waals surface area contributed by atoms with Crippen LogP contribution in [0.1, 0.15) is 25.3 Å². The van der Waals surface area contributed by atoms with E-state index in [0.717, 1.165) is 25.9 Å². The first-order valence-corrected chi connectivity index (χ1v) is 7.00. The van der Waals surface area contributed by atoms with Crippen LogP contribution in [0.4, 0.5) is 4.39 Å². The van der Waals surface area contributed by atoms with Crippen LogP contribution in [0.3, 0.4) is 0 Å². The van der Waals surface area contributed by atoms with E-state index >= 15 is 0 Å². The van der Waals surface area contributed by atoms with E-state index in [1.54, 1.807) is 30.0 Å². The Morgan fingerprint density at radius 2 is 1.95 bits per heavy atom. The minimum Gasteiger partial charge on any atom is -0.339 e. The van der Waals surface area contributed by atoms with Crippen LogP contribution in [0.2, 0.25) is 0 Å². The van der Waals surface area contributed by atoms with Gasteiger partial charge in [-0.2, -0.15) is 0 Å². The number of hydrogen-bond acceptors (Lipinski definition) is 2. The summed E-state index contributed by atoms with van der Waals surface area (Å²) < 4.78 is 13.7. The van der Waals surface area contributed by atoms with Crippen molar-refractivity contribution in [2.75, 3.05) is 20.1 Å². The molecule has 1 aliphatic rings. The molecular weight excluding hydrogens is 291 g/mol. The Bertz CT molecular complexity index is 513. The maximum absolute atomic E-state index is 13.7. The largest absolute Gasteiger partial charge is 0.339 e. The average Bonchev–Trinajstić information content (AvgIpc) is 2.47. The topological polar surface area (TPSA) is 32.3 Å². The van der Waals surface area contributed by atoms with Crippen LogP contribution >= 0.6 is 12.4 Å². The molecule has 1 amide bonds. The first-order valence-electron chi connectivity index (χ1n) is 7.00. The summed E-state index contributed by atoms with van der Waals surface area (Å²) >= 11 is 0. The van der Waals surface area contributed by atoms with E-state index in [0.29, 0.717) is 11.1 Å². The van der Waals surface area contributed by atoms with Gasteiger partial charge in [-0.1, -0.05) is 18.2 Å². The first kappa shape index (κ1) is 17.7. The fourth-order valence-corrected chi connectivity index (χ4v) is 2.52. The molecule has 0 unspecified atom stereocenters. The molecule has 1 N–H and O–H groups in total. The smallest absolute Gasteiger partial charge is 0.246 e. The van der Waals surface area contributed by atoms with Gasteiger partial charge in [0.05, 0.1) is 0 Å². The quantitative estimate of drug-likeness (QED) is 0.871. The van der Waals surface area contributed by atoms with Crippen LogP contribution in [-0.4, -0.2) is 37.0 Å². The fraction of sp³-hybridized carbons (Fsp3) is 0.438. The van der Waals surface area contributed by atoms with E-state index in [9.17, 15) is 9.18 Å². The number of carbonyl (C=O) groups excluding carboxylic acids is 1. The van der Waals surface area contributed by atoms with Crippen molar-refractivity contribution in [1.82, 2.24) is 10.2 Å². The van der Waals surface area contributed by atoms with Crippen molar-refractivity contribution < 1.29 is 9.18 Å². The lowest BCUT2D eigenvalue weighted by molar-refractivity contribution is -0.127. The minimum atomic E-state index is -0.293. The number of benzene rings is 1. The number of carbonyl (C=O) groups is 1. The number of piperidine rings is 1. The van der Waals surface area contributed by atoms with Crippen molar-refractivity contribution in [1.29, 1.82) is 0 Å². The van der Waals surface area contributed by atoms with Crippen LogP contribution in [0.5, 0.6) is 0 Å². The molecule has 1 aromatic rings. The van der Waals surface area contributed by atoms with E-state index in [1.165, 1.54) is 12.1 Å². The van der Waals surface area contributed by atoms with Gasteiger partial charge in [0.25, 0.3) is 0 Å². The zero-order valence-corrected chi connectivity index (χ0v) is 13.3. The number of nitrogens with zero attached hydrogens (tertiary/aromatic N) is 1. The second-order valence-corrected chi connectivity index (χ2v) is 5.24. The van der Waals surface area contributed by atoms with E-state index in [1.807, 2.05) is 7.05 Å². The number of likely N-dealkylation sites (N-methyl/N-ethyl adjacent to an activating group) is 1. The number of amides is 1. The molecule has 2 rings (SSSR count). The van der Waals surface area contributed by atoms with Crippen molar-refractivity contribution >= 4 is 23.9 Å². The molecule has 0 saturated carbocycles. The second kappa shape index (κ2) is 8.15. The van der Waals surface area contributed by atoms with Crippen molar-refractivity contribution in [3.63, 3.8) is 0 Å². The maximum Gasteiger partial charge on any atom is 0.246 e. The molecule has 0 spiro atoms. The van der Waals surface area contributed by atoms with Gasteiger partial charge in [-0.15, -0.1) is 12.4 Å². The summed E-state index contributed by atoms with van der Waals surface area (Å²) in [7, 11) is 1.82. The third-order valence-corrected chi connectivity index (χ3v) is 3.84. The summed E-state index contributed by atoms with van der Waals surface area (Å²) in [4.78, 5) is 14.0. The lowest BCUT2D eigenvalue weighted by Crippen LogP contribution is -2.43. The van der Waals surface area contributed by atoms with Crippen molar-refractivity contribution in [3.05, 3.63) is 41.7 Å². The molecule has 5 heteroatoms. The van der Waals surface area contributed by atoms with Gasteiger partial charge in [0.15, 0.2) is 0 Å². The summed E-state index contributed by atoms with van der Waals surface area (Å²) in [5.41, 5.74) is 1.15. The van der Waals surface area contributed by atoms with E-state index < -0.39 is 0 Å². The molecule has 1 saturated heterocycles. The van der Waals surface area contributed by atoms with Gasteiger partial charge in [-0.25, -0.2) is 4.39 Å². The van der Waals surface area contributed by atoms with Crippen LogP contribution in [0.15, 0.2) is 30.3 Å². The highest BCUT2D eigenvalue weighted by Crippen LogP contribution is 2.18. The van der Waals surface area contributed by atoms with E-state index in [4.69, 9.17) is 0 Å². The number of allylic oxidation sites excluding steroid dienone is 1. The van der Waals surface area contributed by atoms with Crippen LogP contribution < -0.4 is 5.32 Å². The van der Waals surface area contributed by atoms with Crippen LogP contribution in [0.25, 0.3) is 5.57 Å². The summed E-state index contributed by atoms with van der Waals surface area (Å²) in [6.07, 6.45) is 3.46. The minimum absolute atomic E-state index is 0. The lowest BCUT2D eigenvalue weighted by Gasteiger charge is -2.31. The van der Waals surface area contributed by atoms with Crippen LogP contribution in [0, 0.1) is 5.82 Å². The highest BCUT2D eigenvalue weighted by Gasteiger charge is 2.20. The number of hydrogen-bond donors (Lipinski definition) is 1. The molecule has 0 bridgehead atoms. The van der Waals surface area contributed by atoms with Gasteiger partial charge in [0.2, 0.25) is 5.91 Å². The highest BCUT2D eigenvalue weighted by atomic mass is 35.5. The molecule has 1 heterocycles. The first-order chi connectivity index (χ1) is 9.59. The SMILES string of the molecule is C/C(=C/C(=O)N(C)C1CCNCC1)c1ccccc1F.Cl. The van der Waals surface area contributed by atoms with Gasteiger partial charge in [-0.3, -0.25) is 4.79 Å². The summed E-state index contributed by atoms with van der Waals surface area (Å²) in [6.45, 7) is 3.66. The predicted molar refractivity (Wildman–Crippen MR) is 86.0 cm³/mol. The number of rotatable bonds is 3. The molecule has 1 fully saturated rings. The Morgan fingerprint density at radius 3 is 2.57 bits per heavy atom. The molecule has 0 aliphatic carbocycles. The van der Waals surface area contributed by atoms with Gasteiger partial charge in [0.1, 0.15) is 5.82 Å². The van der Waals surface area contributed by atoms with Gasteiger partial charge in [-0.05, 0) is 44.5 Å². The Kier molecular flexibility index (Phi) is 6.85. The zero-order valence-electron chi connectivity index (χ0n) is 12.4. The fourth-order valence-electron chi connectivity index (χ4n) is 2.52. The molecule has 0 atom stereocenters. The van der Waals surface area contributed by atoms with Gasteiger partial charge >= 0.3 is 0 Å². The predicted octanol–water partition coefficient (Wildman–Crippen LogP) is 2.86. The maximum atomic E-state index is 13.7. The van der Waals surface area contributed by atoms with Gasteiger partial charge in [0, 0.05) is 24.7 Å². The molecule has 0 aromatic heterocycles. The Morgan fingerprint density at radius 1 is 1.33 bits per heavy atom. The van der Waals surface area contributed by atoms with Crippen molar-refractivity contribution in [2.45, 2.75) is 25.8 Å². The molecule has 21 heavy (non-hydrogen) atoms. The average molecular weight is 313 g/mol. The lowest BCUT2D eigenvalue weighted by atomic mass is 10.0. The molecular formula is C16H22ClFN2O. The third kappa shape index (κ3) is 4.55. The summed E-state index contributed by atoms with van der Waals surface area (Å²) in [5.74, 6) is -0.351. The Labute approximate surface area is 131 Å². The van der Waals surface area contributed by atoms with Crippen molar-refractivity contribution in [2.24, 2.45) is 0 Å². The zero-order chi connectivity index (χ0) is 14.5. The van der Waals surface area contributed by atoms with Crippen molar-refractivity contribution in [3.8, 4) is 0 Å². The third-order valence-electron chi connectivity index (χ3n) is 3.84. The Balaban J connectivity index is 0.00000220. The van der Waals surface area contributed by atoms with Gasteiger partial charge < -0.3 is 10.2 Å². The molecule has 116 valence electrons. The number of halogens is 2. The molecule has 3 nitrogen and oxygen atoms in total. The van der Waals surface area contributed by atoms with Crippen LogP contribution in [-0.2, 0) is 4.79 Å².